The molecule has 2 unspecified atom stereocenters. The summed E-state index contributed by atoms with van der Waals surface area (Å²) in [7, 11) is 0. The third kappa shape index (κ3) is 3.37. The molecule has 1 aliphatic rings. The fourth-order valence-electron chi connectivity index (χ4n) is 2.09. The number of phenolic OH excluding ortho intramolecular Hbond substituents is 1. The van der Waals surface area contributed by atoms with E-state index in [0.29, 0.717) is 22.3 Å². The van der Waals surface area contributed by atoms with Gasteiger partial charge in [0, 0.05) is 10.1 Å². The first-order chi connectivity index (χ1) is 9.43. The molecule has 5 nitrogen and oxygen atoms in total. The second-order valence-electron chi connectivity index (χ2n) is 4.73. The van der Waals surface area contributed by atoms with Crippen molar-refractivity contribution in [2.45, 2.75) is 19.1 Å². The average Bonchev–Trinajstić information content (AvgIpc) is 2.42. The van der Waals surface area contributed by atoms with Crippen LogP contribution in [-0.4, -0.2) is 52.9 Å². The number of aliphatic hydroxyl groups excluding tert-OH is 1. The van der Waals surface area contributed by atoms with Crippen molar-refractivity contribution in [1.82, 2.24) is 4.90 Å². The van der Waals surface area contributed by atoms with E-state index < -0.39 is 0 Å². The molecule has 1 heterocycles. The Morgan fingerprint density at radius 3 is 2.85 bits per heavy atom. The molecule has 1 fully saturated rings. The topological polar surface area (TPSA) is 70.0 Å². The predicted molar refractivity (Wildman–Crippen MR) is 90.9 cm³/mol. The minimum atomic E-state index is -0.362. The number of nitrogens with zero attached hydrogens (tertiary/aromatic N) is 1. The number of halogens is 2. The zero-order valence-corrected chi connectivity index (χ0v) is 15.2. The molecule has 1 saturated heterocycles. The van der Waals surface area contributed by atoms with Crippen molar-refractivity contribution in [3.8, 4) is 5.75 Å². The number of ether oxygens (including phenoxy) is 1. The summed E-state index contributed by atoms with van der Waals surface area (Å²) >= 11 is 4.12. The normalized spacial score (nSPS) is 22.9. The maximum Gasteiger partial charge on any atom is 0.258 e. The number of aliphatic hydroxyl groups is 1. The lowest BCUT2D eigenvalue weighted by Gasteiger charge is -2.37. The molecule has 2 rings (SSSR count). The lowest BCUT2D eigenvalue weighted by Crippen LogP contribution is -2.52. The maximum atomic E-state index is 12.6. The van der Waals surface area contributed by atoms with Gasteiger partial charge >= 0.3 is 0 Å². The van der Waals surface area contributed by atoms with Crippen LogP contribution in [-0.2, 0) is 4.74 Å². The number of phenols is 1. The lowest BCUT2D eigenvalue weighted by atomic mass is 10.1. The van der Waals surface area contributed by atoms with E-state index >= 15 is 0 Å². The summed E-state index contributed by atoms with van der Waals surface area (Å²) in [6.07, 6.45) is -0.362. The number of carbonyl (C=O) groups excluding carboxylic acids is 1. The predicted octanol–water partition coefficient (Wildman–Crippen LogP) is 1.82. The molecule has 0 radical (unpaired) electrons. The molecule has 0 spiro atoms. The second-order valence-corrected chi connectivity index (χ2v) is 7.14. The van der Waals surface area contributed by atoms with Gasteiger partial charge in [-0.1, -0.05) is 0 Å². The van der Waals surface area contributed by atoms with Crippen molar-refractivity contribution in [2.75, 3.05) is 19.8 Å². The summed E-state index contributed by atoms with van der Waals surface area (Å²) < 4.78 is 6.97. The van der Waals surface area contributed by atoms with Gasteiger partial charge in [0.2, 0.25) is 0 Å². The Balaban J connectivity index is 2.30. The highest BCUT2D eigenvalue weighted by atomic mass is 127. The highest BCUT2D eigenvalue weighted by Crippen LogP contribution is 2.29. The summed E-state index contributed by atoms with van der Waals surface area (Å²) in [6.45, 7) is 2.49. The van der Waals surface area contributed by atoms with E-state index in [4.69, 9.17) is 4.74 Å². The number of benzene rings is 1. The van der Waals surface area contributed by atoms with Crippen LogP contribution in [0.2, 0.25) is 0 Å². The molecule has 1 amide bonds. The van der Waals surface area contributed by atoms with Gasteiger partial charge in [-0.25, -0.2) is 0 Å². The SMILES string of the molecule is CC1COC(CO)CN1C(=O)c1cc(I)cc(I)c1O. The molecule has 110 valence electrons. The third-order valence-electron chi connectivity index (χ3n) is 3.23. The van der Waals surface area contributed by atoms with Gasteiger partial charge in [-0.3, -0.25) is 4.79 Å². The zero-order valence-electron chi connectivity index (χ0n) is 10.8. The smallest absolute Gasteiger partial charge is 0.258 e. The molecule has 0 aliphatic carbocycles. The maximum absolute atomic E-state index is 12.6. The fraction of sp³-hybridized carbons (Fsp3) is 0.462. The number of amides is 1. The van der Waals surface area contributed by atoms with Gasteiger partial charge in [0.1, 0.15) is 5.75 Å². The van der Waals surface area contributed by atoms with Crippen molar-refractivity contribution < 1.29 is 19.7 Å². The Morgan fingerprint density at radius 2 is 2.20 bits per heavy atom. The molecule has 2 N–H and O–H groups in total. The largest absolute Gasteiger partial charge is 0.506 e. The summed E-state index contributed by atoms with van der Waals surface area (Å²) in [6, 6.07) is 3.41. The number of rotatable bonds is 2. The Hall–Kier alpha value is -0.130. The fourth-order valence-corrected chi connectivity index (χ4v) is 3.94. The quantitative estimate of drug-likeness (QED) is 0.605. The van der Waals surface area contributed by atoms with Gasteiger partial charge in [0.15, 0.2) is 0 Å². The highest BCUT2D eigenvalue weighted by molar-refractivity contribution is 14.1. The number of aromatic hydroxyl groups is 1. The van der Waals surface area contributed by atoms with Gasteiger partial charge in [-0.05, 0) is 64.2 Å². The second kappa shape index (κ2) is 6.75. The van der Waals surface area contributed by atoms with Crippen LogP contribution in [0.15, 0.2) is 12.1 Å². The Bertz CT molecular complexity index is 523. The van der Waals surface area contributed by atoms with Crippen LogP contribution in [0.25, 0.3) is 0 Å². The molecule has 1 aromatic rings. The van der Waals surface area contributed by atoms with Crippen LogP contribution in [0.3, 0.4) is 0 Å². The summed E-state index contributed by atoms with van der Waals surface area (Å²) in [5.41, 5.74) is 0.298. The molecule has 20 heavy (non-hydrogen) atoms. The number of morpholine rings is 1. The van der Waals surface area contributed by atoms with Crippen molar-refractivity contribution in [1.29, 1.82) is 0 Å². The molecule has 0 saturated carbocycles. The van der Waals surface area contributed by atoms with Crippen molar-refractivity contribution >= 4 is 51.1 Å². The van der Waals surface area contributed by atoms with Crippen molar-refractivity contribution in [3.63, 3.8) is 0 Å². The van der Waals surface area contributed by atoms with Crippen LogP contribution in [0.5, 0.6) is 5.75 Å². The van der Waals surface area contributed by atoms with Crippen LogP contribution < -0.4 is 0 Å². The van der Waals surface area contributed by atoms with Gasteiger partial charge in [0.25, 0.3) is 5.91 Å². The Morgan fingerprint density at radius 1 is 1.50 bits per heavy atom. The minimum Gasteiger partial charge on any atom is -0.506 e. The summed E-state index contributed by atoms with van der Waals surface area (Å²) in [5.74, 6) is -0.219. The van der Waals surface area contributed by atoms with Crippen molar-refractivity contribution in [3.05, 3.63) is 24.8 Å². The number of hydrogen-bond acceptors (Lipinski definition) is 4. The standard InChI is InChI=1S/C13H15I2NO4/c1-7-6-20-9(5-17)4-16(7)13(19)10-2-8(14)3-11(15)12(10)18/h2-3,7,9,17-18H,4-6H2,1H3. The van der Waals surface area contributed by atoms with Crippen LogP contribution in [0, 0.1) is 7.14 Å². The van der Waals surface area contributed by atoms with Gasteiger partial charge in [0.05, 0.1) is 34.5 Å². The minimum absolute atomic E-state index is 0.00950. The molecule has 0 bridgehead atoms. The van der Waals surface area contributed by atoms with Crippen LogP contribution in [0.4, 0.5) is 0 Å². The van der Waals surface area contributed by atoms with E-state index in [9.17, 15) is 15.0 Å². The number of carbonyl (C=O) groups is 1. The van der Waals surface area contributed by atoms with E-state index in [1.54, 1.807) is 11.0 Å². The van der Waals surface area contributed by atoms with E-state index in [0.717, 1.165) is 3.57 Å². The van der Waals surface area contributed by atoms with Gasteiger partial charge in [-0.15, -0.1) is 0 Å². The molecule has 2 atom stereocenters. The summed E-state index contributed by atoms with van der Waals surface area (Å²) in [5, 5.41) is 19.3. The van der Waals surface area contributed by atoms with Crippen LogP contribution in [0.1, 0.15) is 17.3 Å². The average molecular weight is 503 g/mol. The zero-order chi connectivity index (χ0) is 14.9. The third-order valence-corrected chi connectivity index (χ3v) is 4.67. The van der Waals surface area contributed by atoms with E-state index in [2.05, 4.69) is 22.6 Å². The first kappa shape index (κ1) is 16.2. The molecule has 1 aliphatic heterocycles. The monoisotopic (exact) mass is 503 g/mol. The molecular weight excluding hydrogens is 488 g/mol. The molecule has 1 aromatic carbocycles. The van der Waals surface area contributed by atoms with E-state index in [-0.39, 0.29) is 30.4 Å². The van der Waals surface area contributed by atoms with E-state index in [1.165, 1.54) is 0 Å². The first-order valence-electron chi connectivity index (χ1n) is 6.15. The highest BCUT2D eigenvalue weighted by Gasteiger charge is 2.31. The van der Waals surface area contributed by atoms with Crippen LogP contribution >= 0.6 is 45.2 Å². The van der Waals surface area contributed by atoms with Gasteiger partial charge < -0.3 is 19.8 Å². The molecule has 0 aromatic heterocycles. The van der Waals surface area contributed by atoms with Gasteiger partial charge in [-0.2, -0.15) is 0 Å². The van der Waals surface area contributed by atoms with E-state index in [1.807, 2.05) is 35.6 Å². The number of hydrogen-bond donors (Lipinski definition) is 2. The Kier molecular flexibility index (Phi) is 5.49. The van der Waals surface area contributed by atoms with Crippen molar-refractivity contribution in [2.24, 2.45) is 0 Å². The molecule has 7 heteroatoms. The Labute approximate surface area is 144 Å². The molecular formula is C13H15I2NO4. The summed E-state index contributed by atoms with van der Waals surface area (Å²) in [4.78, 5) is 14.3. The lowest BCUT2D eigenvalue weighted by molar-refractivity contribution is -0.0668. The first-order valence-corrected chi connectivity index (χ1v) is 8.31.